The molecule has 0 N–H and O–H groups in total. The van der Waals surface area contributed by atoms with E-state index in [-0.39, 0.29) is 5.91 Å². The van der Waals surface area contributed by atoms with Crippen LogP contribution in [0.15, 0.2) is 4.76 Å². The molecule has 4 bridgehead atoms. The van der Waals surface area contributed by atoms with E-state index >= 15 is 0 Å². The fourth-order valence-electron chi connectivity index (χ4n) is 1.54. The summed E-state index contributed by atoms with van der Waals surface area (Å²) in [6, 6.07) is 0. The van der Waals surface area contributed by atoms with E-state index in [1.54, 1.807) is 4.90 Å². The van der Waals surface area contributed by atoms with Gasteiger partial charge in [0, 0.05) is 0 Å². The number of carbonyl (C=O) groups is 1. The Morgan fingerprint density at radius 3 is 2.80 bits per heavy atom. The molecule has 2 fully saturated rings. The Bertz CT molecular complexity index is 322. The summed E-state index contributed by atoms with van der Waals surface area (Å²) in [5.41, 5.74) is 0. The molecule has 4 heterocycles. The number of nitrogens with zero attached hydrogens (tertiary/aromatic N) is 3. The van der Waals surface area contributed by atoms with Crippen LogP contribution in [0, 0.1) is 0 Å². The first-order chi connectivity index (χ1) is 4.71. The summed E-state index contributed by atoms with van der Waals surface area (Å²) in [7, 11) is -2.52. The van der Waals surface area contributed by atoms with Crippen LogP contribution in [0.5, 0.6) is 0 Å². The van der Waals surface area contributed by atoms with Gasteiger partial charge in [0.25, 0.3) is 5.91 Å². The Hall–Kier alpha value is -0.830. The summed E-state index contributed by atoms with van der Waals surface area (Å²) in [5.74, 6) is 0.577. The van der Waals surface area contributed by atoms with E-state index in [2.05, 4.69) is 4.76 Å². The summed E-state index contributed by atoms with van der Waals surface area (Å²) < 4.78 is 16.6. The highest BCUT2D eigenvalue weighted by Gasteiger charge is 2.62. The predicted molar refractivity (Wildman–Crippen MR) is 33.5 cm³/mol. The van der Waals surface area contributed by atoms with E-state index in [0.29, 0.717) is 18.8 Å². The lowest BCUT2D eigenvalue weighted by Crippen LogP contribution is -2.30. The lowest BCUT2D eigenvalue weighted by atomic mass is 10.6. The molecule has 2 saturated heterocycles. The topological polar surface area (TPSA) is 53.0 Å². The average molecular weight is 157 g/mol. The molecular weight excluding hydrogens is 153 g/mol. The minimum Gasteiger partial charge on any atom is -0.321 e. The van der Waals surface area contributed by atoms with Gasteiger partial charge in [0.15, 0.2) is 0 Å². The normalized spacial score (nSPS) is 40.4. The van der Waals surface area contributed by atoms with Gasteiger partial charge in [-0.2, -0.15) is 4.76 Å². The predicted octanol–water partition coefficient (Wildman–Crippen LogP) is -0.336. The minimum absolute atomic E-state index is 0.0559. The Labute approximate surface area is 56.8 Å². The van der Waals surface area contributed by atoms with Crippen molar-refractivity contribution < 1.29 is 9.36 Å². The monoisotopic (exact) mass is 157 g/mol. The quantitative estimate of drug-likeness (QED) is 0.452. The third-order valence-corrected chi connectivity index (χ3v) is 4.18. The van der Waals surface area contributed by atoms with E-state index in [1.807, 2.05) is 0 Å². The lowest BCUT2D eigenvalue weighted by molar-refractivity contribution is -0.122. The first-order valence-corrected chi connectivity index (χ1v) is 4.78. The third kappa shape index (κ3) is 0.281. The second kappa shape index (κ2) is 1.03. The van der Waals surface area contributed by atoms with Crippen molar-refractivity contribution in [2.75, 3.05) is 12.8 Å². The van der Waals surface area contributed by atoms with Crippen molar-refractivity contribution in [3.63, 3.8) is 0 Å². The van der Waals surface area contributed by atoms with Crippen LogP contribution >= 0.6 is 7.44 Å². The first kappa shape index (κ1) is 4.91. The summed E-state index contributed by atoms with van der Waals surface area (Å²) >= 11 is 0. The minimum atomic E-state index is -2.52. The molecule has 0 saturated carbocycles. The largest absolute Gasteiger partial charge is 0.321 e. The Morgan fingerprint density at radius 1 is 1.60 bits per heavy atom. The van der Waals surface area contributed by atoms with Crippen LogP contribution in [0.4, 0.5) is 0 Å². The zero-order valence-corrected chi connectivity index (χ0v) is 5.91. The van der Waals surface area contributed by atoms with Crippen LogP contribution < -0.4 is 0 Å². The smallest absolute Gasteiger partial charge is 0.312 e. The van der Waals surface area contributed by atoms with Crippen LogP contribution in [-0.4, -0.2) is 34.3 Å². The fourth-order valence-corrected chi connectivity index (χ4v) is 3.73. The zero-order valence-electron chi connectivity index (χ0n) is 5.02. The van der Waals surface area contributed by atoms with Crippen molar-refractivity contribution in [1.82, 2.24) is 9.57 Å². The second-order valence-corrected chi connectivity index (χ2v) is 4.82. The summed E-state index contributed by atoms with van der Waals surface area (Å²) in [4.78, 5) is 12.7. The van der Waals surface area contributed by atoms with E-state index < -0.39 is 7.44 Å². The summed E-state index contributed by atoms with van der Waals surface area (Å²) in [6.07, 6.45) is 0.466. The van der Waals surface area contributed by atoms with Gasteiger partial charge in [-0.05, 0) is 0 Å². The van der Waals surface area contributed by atoms with E-state index in [1.165, 1.54) is 4.67 Å². The standard InChI is InChI=1S/C4H4N3O2P/c8-3-1-6-2-10(9)5-4(6)7(3)10/h1-2H2. The van der Waals surface area contributed by atoms with Gasteiger partial charge in [-0.25, -0.2) is 4.67 Å². The molecule has 0 aromatic rings. The molecule has 1 amide bonds. The van der Waals surface area contributed by atoms with Gasteiger partial charge in [-0.1, -0.05) is 0 Å². The van der Waals surface area contributed by atoms with Crippen LogP contribution in [0.3, 0.4) is 0 Å². The molecule has 4 rings (SSSR count). The van der Waals surface area contributed by atoms with Gasteiger partial charge in [0.05, 0.1) is 0 Å². The Kier molecular flexibility index (Phi) is 0.506. The maximum Gasteiger partial charge on any atom is 0.312 e. The molecule has 1 unspecified atom stereocenters. The molecule has 0 spiro atoms. The van der Waals surface area contributed by atoms with Gasteiger partial charge in [-0.3, -0.25) is 9.36 Å². The van der Waals surface area contributed by atoms with Crippen molar-refractivity contribution >= 4 is 19.3 Å². The van der Waals surface area contributed by atoms with E-state index in [0.717, 1.165) is 0 Å². The Morgan fingerprint density at radius 2 is 2.40 bits per heavy atom. The van der Waals surface area contributed by atoms with Gasteiger partial charge in [-0.15, -0.1) is 0 Å². The number of hydrogen-bond acceptors (Lipinski definition) is 3. The highest BCUT2D eigenvalue weighted by molar-refractivity contribution is 7.65. The molecule has 0 aromatic heterocycles. The molecule has 0 aliphatic carbocycles. The molecule has 52 valence electrons. The van der Waals surface area contributed by atoms with Crippen LogP contribution in [0.25, 0.3) is 0 Å². The number of carbonyl (C=O) groups excluding carboxylic acids is 1. The molecule has 4 aliphatic heterocycles. The Balaban J connectivity index is 2.28. The van der Waals surface area contributed by atoms with Crippen LogP contribution in [-0.2, 0) is 9.36 Å². The molecule has 6 heteroatoms. The van der Waals surface area contributed by atoms with Crippen molar-refractivity contribution in [1.29, 1.82) is 0 Å². The summed E-state index contributed by atoms with van der Waals surface area (Å²) in [5, 5.41) is 0. The summed E-state index contributed by atoms with van der Waals surface area (Å²) in [6.45, 7) is 0.378. The molecule has 4 aliphatic rings. The molecule has 10 heavy (non-hydrogen) atoms. The van der Waals surface area contributed by atoms with Gasteiger partial charge in [0.2, 0.25) is 5.96 Å². The average Bonchev–Trinajstić information content (AvgIpc) is 2.23. The molecule has 0 radical (unpaired) electrons. The fraction of sp³-hybridized carbons (Fsp3) is 0.500. The molecule has 1 atom stereocenters. The second-order valence-electron chi connectivity index (χ2n) is 2.61. The number of guanidine groups is 1. The van der Waals surface area contributed by atoms with E-state index in [9.17, 15) is 9.36 Å². The van der Waals surface area contributed by atoms with Gasteiger partial charge in [0.1, 0.15) is 12.8 Å². The molecular formula is C4H4N3O2P. The highest BCUT2D eigenvalue weighted by atomic mass is 31.2. The van der Waals surface area contributed by atoms with Crippen molar-refractivity contribution in [2.45, 2.75) is 0 Å². The third-order valence-electron chi connectivity index (χ3n) is 1.95. The molecule has 5 nitrogen and oxygen atoms in total. The van der Waals surface area contributed by atoms with Crippen molar-refractivity contribution in [2.24, 2.45) is 4.76 Å². The number of amides is 1. The maximum absolute atomic E-state index is 11.4. The lowest BCUT2D eigenvalue weighted by Gasteiger charge is -2.23. The highest BCUT2D eigenvalue weighted by Crippen LogP contribution is 2.67. The van der Waals surface area contributed by atoms with Crippen molar-refractivity contribution in [3.05, 3.63) is 0 Å². The van der Waals surface area contributed by atoms with E-state index in [4.69, 9.17) is 0 Å². The van der Waals surface area contributed by atoms with Crippen molar-refractivity contribution in [3.8, 4) is 0 Å². The van der Waals surface area contributed by atoms with Crippen LogP contribution in [0.1, 0.15) is 0 Å². The SMILES string of the molecule is O=C1CN2CP3(=O)N=C2N13. The first-order valence-electron chi connectivity index (χ1n) is 2.98. The number of rotatable bonds is 0. The maximum atomic E-state index is 11.4. The van der Waals surface area contributed by atoms with Gasteiger partial charge >= 0.3 is 7.44 Å². The number of hydrogen-bond donors (Lipinski definition) is 0. The van der Waals surface area contributed by atoms with Gasteiger partial charge < -0.3 is 4.90 Å². The zero-order chi connectivity index (χ0) is 6.93. The van der Waals surface area contributed by atoms with Crippen LogP contribution in [0.2, 0.25) is 0 Å². The molecule has 0 aromatic carbocycles.